The van der Waals surface area contributed by atoms with E-state index in [1.807, 2.05) is 0 Å². The smallest absolute Gasteiger partial charge is 0.268 e. The molecule has 2 heterocycles. The molecule has 1 saturated carbocycles. The highest BCUT2D eigenvalue weighted by Gasteiger charge is 2.73. The van der Waals surface area contributed by atoms with Gasteiger partial charge in [-0.25, -0.2) is 13.2 Å². The summed E-state index contributed by atoms with van der Waals surface area (Å²) in [6, 6.07) is 3.43. The Kier molecular flexibility index (Phi) is 4.37. The number of carbonyl (C=O) groups is 2. The molecule has 0 unspecified atom stereocenters. The second-order valence-electron chi connectivity index (χ2n) is 7.61. The number of rotatable bonds is 4. The summed E-state index contributed by atoms with van der Waals surface area (Å²) >= 11 is 5.75. The second kappa shape index (κ2) is 6.40. The van der Waals surface area contributed by atoms with Crippen molar-refractivity contribution in [2.45, 2.75) is 38.2 Å². The number of aromatic amines is 1. The number of nitrogens with one attached hydrogen (secondary N) is 2. The van der Waals surface area contributed by atoms with E-state index >= 15 is 0 Å². The average molecular weight is 414 g/mol. The van der Waals surface area contributed by atoms with Gasteiger partial charge in [-0.2, -0.15) is 0 Å². The summed E-state index contributed by atoms with van der Waals surface area (Å²) in [6.07, 6.45) is 0.402. The molecular formula is C19H19ClF3N3O2. The zero-order chi connectivity index (χ0) is 20.3. The molecule has 2 aromatic rings. The van der Waals surface area contributed by atoms with Crippen LogP contribution in [0, 0.1) is 11.2 Å². The van der Waals surface area contributed by atoms with Gasteiger partial charge in [-0.15, -0.1) is 0 Å². The number of fused-ring (bicyclic) bond motifs is 1. The molecule has 1 aliphatic heterocycles. The highest BCUT2D eigenvalue weighted by Crippen LogP contribution is 2.65. The fourth-order valence-electron chi connectivity index (χ4n) is 3.94. The van der Waals surface area contributed by atoms with Crippen molar-refractivity contribution in [1.29, 1.82) is 0 Å². The average Bonchev–Trinajstić information content (AvgIpc) is 3.05. The number of benzene rings is 1. The number of likely N-dealkylation sites (tertiary alicyclic amines) is 1. The lowest BCUT2D eigenvalue weighted by Crippen LogP contribution is -2.47. The van der Waals surface area contributed by atoms with Crippen LogP contribution in [0.25, 0.3) is 10.9 Å². The van der Waals surface area contributed by atoms with Gasteiger partial charge in [-0.3, -0.25) is 9.59 Å². The number of hydrogen-bond acceptors (Lipinski definition) is 2. The Labute approximate surface area is 164 Å². The summed E-state index contributed by atoms with van der Waals surface area (Å²) in [5, 5.41) is 2.74. The van der Waals surface area contributed by atoms with Crippen molar-refractivity contribution in [3.8, 4) is 0 Å². The third-order valence-corrected chi connectivity index (χ3v) is 6.12. The van der Waals surface area contributed by atoms with Crippen molar-refractivity contribution in [2.75, 3.05) is 13.1 Å². The van der Waals surface area contributed by atoms with Crippen LogP contribution in [-0.4, -0.2) is 46.8 Å². The Balaban J connectivity index is 1.47. The predicted molar refractivity (Wildman–Crippen MR) is 98.0 cm³/mol. The SMILES string of the molecule is CC[C@H](NC(=O)c1cc2c(F)c(Cl)ccc2[nH]1)C(=O)N1CC[C@]2(C1)CC2(F)F. The Morgan fingerprint density at radius 1 is 1.39 bits per heavy atom. The first-order valence-electron chi connectivity index (χ1n) is 9.12. The number of alkyl halides is 2. The lowest BCUT2D eigenvalue weighted by atomic mass is 10.1. The summed E-state index contributed by atoms with van der Waals surface area (Å²) in [7, 11) is 0. The summed E-state index contributed by atoms with van der Waals surface area (Å²) in [5.41, 5.74) is -0.586. The summed E-state index contributed by atoms with van der Waals surface area (Å²) in [6.45, 7) is 2.00. The molecule has 1 aliphatic carbocycles. The fourth-order valence-corrected chi connectivity index (χ4v) is 4.11. The van der Waals surface area contributed by atoms with Gasteiger partial charge in [0.25, 0.3) is 11.8 Å². The lowest BCUT2D eigenvalue weighted by molar-refractivity contribution is -0.132. The van der Waals surface area contributed by atoms with Crippen LogP contribution < -0.4 is 5.32 Å². The van der Waals surface area contributed by atoms with Crippen LogP contribution in [0.5, 0.6) is 0 Å². The molecule has 1 aromatic heterocycles. The zero-order valence-electron chi connectivity index (χ0n) is 15.1. The van der Waals surface area contributed by atoms with E-state index in [0.29, 0.717) is 11.9 Å². The maximum absolute atomic E-state index is 14.1. The molecule has 2 atom stereocenters. The minimum absolute atomic E-state index is 0.0152. The maximum Gasteiger partial charge on any atom is 0.268 e. The van der Waals surface area contributed by atoms with Crippen molar-refractivity contribution in [2.24, 2.45) is 5.41 Å². The highest BCUT2D eigenvalue weighted by molar-refractivity contribution is 6.31. The van der Waals surface area contributed by atoms with Crippen LogP contribution in [0.3, 0.4) is 0 Å². The molecule has 1 saturated heterocycles. The summed E-state index contributed by atoms with van der Waals surface area (Å²) in [4.78, 5) is 29.5. The predicted octanol–water partition coefficient (Wildman–Crippen LogP) is 3.73. The molecule has 0 bridgehead atoms. The normalized spacial score (nSPS) is 24.0. The number of aromatic nitrogens is 1. The molecule has 2 amide bonds. The quantitative estimate of drug-likeness (QED) is 0.802. The van der Waals surface area contributed by atoms with E-state index in [9.17, 15) is 22.8 Å². The lowest BCUT2D eigenvalue weighted by Gasteiger charge is -2.23. The number of halogens is 4. The fraction of sp³-hybridized carbons (Fsp3) is 0.474. The van der Waals surface area contributed by atoms with Gasteiger partial charge >= 0.3 is 0 Å². The van der Waals surface area contributed by atoms with Gasteiger partial charge in [-0.1, -0.05) is 18.5 Å². The maximum atomic E-state index is 14.1. The first kappa shape index (κ1) is 19.1. The van der Waals surface area contributed by atoms with Crippen molar-refractivity contribution in [1.82, 2.24) is 15.2 Å². The van der Waals surface area contributed by atoms with E-state index in [0.717, 1.165) is 0 Å². The Morgan fingerprint density at radius 2 is 2.11 bits per heavy atom. The first-order chi connectivity index (χ1) is 13.2. The molecule has 2 fully saturated rings. The first-order valence-corrected chi connectivity index (χ1v) is 9.49. The van der Waals surface area contributed by atoms with Crippen LogP contribution in [0.4, 0.5) is 13.2 Å². The zero-order valence-corrected chi connectivity index (χ0v) is 15.9. The van der Waals surface area contributed by atoms with Gasteiger partial charge < -0.3 is 15.2 Å². The van der Waals surface area contributed by atoms with E-state index in [-0.39, 0.29) is 47.9 Å². The number of carbonyl (C=O) groups excluding carboxylic acids is 2. The molecule has 4 rings (SSSR count). The largest absolute Gasteiger partial charge is 0.350 e. The molecule has 1 aromatic carbocycles. The molecule has 1 spiro atoms. The molecule has 2 aliphatic rings. The van der Waals surface area contributed by atoms with E-state index in [2.05, 4.69) is 10.3 Å². The molecule has 150 valence electrons. The second-order valence-corrected chi connectivity index (χ2v) is 8.02. The van der Waals surface area contributed by atoms with Gasteiger partial charge in [0, 0.05) is 30.4 Å². The van der Waals surface area contributed by atoms with Crippen molar-refractivity contribution >= 4 is 34.3 Å². The minimum Gasteiger partial charge on any atom is -0.350 e. The molecule has 9 heteroatoms. The van der Waals surface area contributed by atoms with Gasteiger partial charge in [0.05, 0.1) is 10.4 Å². The van der Waals surface area contributed by atoms with Crippen molar-refractivity contribution < 1.29 is 22.8 Å². The molecule has 0 radical (unpaired) electrons. The molecule has 5 nitrogen and oxygen atoms in total. The van der Waals surface area contributed by atoms with Crippen LogP contribution in [0.2, 0.25) is 5.02 Å². The Morgan fingerprint density at radius 3 is 2.71 bits per heavy atom. The number of H-pyrrole nitrogens is 1. The van der Waals surface area contributed by atoms with Crippen molar-refractivity contribution in [3.63, 3.8) is 0 Å². The Bertz CT molecular complexity index is 977. The van der Waals surface area contributed by atoms with Gasteiger partial charge in [-0.05, 0) is 31.0 Å². The van der Waals surface area contributed by atoms with Gasteiger partial charge in [0.1, 0.15) is 11.7 Å². The highest BCUT2D eigenvalue weighted by atomic mass is 35.5. The van der Waals surface area contributed by atoms with E-state index in [1.54, 1.807) is 13.0 Å². The monoisotopic (exact) mass is 413 g/mol. The summed E-state index contributed by atoms with van der Waals surface area (Å²) in [5.74, 6) is -4.29. The third kappa shape index (κ3) is 2.94. The molecule has 28 heavy (non-hydrogen) atoms. The van der Waals surface area contributed by atoms with E-state index < -0.39 is 29.1 Å². The third-order valence-electron chi connectivity index (χ3n) is 5.82. The Hall–Kier alpha value is -2.22. The number of nitrogens with zero attached hydrogens (tertiary/aromatic N) is 1. The van der Waals surface area contributed by atoms with Gasteiger partial charge in [0.15, 0.2) is 5.82 Å². The summed E-state index contributed by atoms with van der Waals surface area (Å²) < 4.78 is 41.2. The van der Waals surface area contributed by atoms with Crippen LogP contribution in [-0.2, 0) is 4.79 Å². The standard InChI is InChI=1S/C19H19ClF3N3O2/c1-2-12(17(28)26-6-5-18(9-26)8-19(18,22)23)25-16(27)14-7-10-13(24-14)4-3-11(20)15(10)21/h3-4,7,12,24H,2,5-6,8-9H2,1H3,(H,25,27)/t12-,18+/m0/s1. The van der Waals surface area contributed by atoms with Crippen molar-refractivity contribution in [3.05, 3.63) is 34.7 Å². The molecule has 2 N–H and O–H groups in total. The molecular weight excluding hydrogens is 395 g/mol. The topological polar surface area (TPSA) is 65.2 Å². The van der Waals surface area contributed by atoms with E-state index in [1.165, 1.54) is 17.0 Å². The van der Waals surface area contributed by atoms with Crippen LogP contribution in [0.1, 0.15) is 36.7 Å². The van der Waals surface area contributed by atoms with Crippen LogP contribution in [0.15, 0.2) is 18.2 Å². The number of amides is 2. The van der Waals surface area contributed by atoms with Crippen LogP contribution >= 0.6 is 11.6 Å². The minimum atomic E-state index is -2.71. The van der Waals surface area contributed by atoms with Gasteiger partial charge in [0.2, 0.25) is 5.91 Å². The number of hydrogen-bond donors (Lipinski definition) is 2. The van der Waals surface area contributed by atoms with E-state index in [4.69, 9.17) is 11.6 Å².